The van der Waals surface area contributed by atoms with Gasteiger partial charge >= 0.3 is 12.4 Å². The van der Waals surface area contributed by atoms with E-state index in [0.29, 0.717) is 23.6 Å². The van der Waals surface area contributed by atoms with Crippen molar-refractivity contribution in [3.05, 3.63) is 70.9 Å². The number of piperazine rings is 1. The Morgan fingerprint density at radius 2 is 1.64 bits per heavy atom. The van der Waals surface area contributed by atoms with E-state index in [2.05, 4.69) is 20.5 Å². The second kappa shape index (κ2) is 13.9. The van der Waals surface area contributed by atoms with E-state index in [1.165, 1.54) is 19.3 Å². The summed E-state index contributed by atoms with van der Waals surface area (Å²) in [6.45, 7) is 2.48. The van der Waals surface area contributed by atoms with Crippen LogP contribution in [0.5, 0.6) is 0 Å². The van der Waals surface area contributed by atoms with Gasteiger partial charge in [-0.3, -0.25) is 14.5 Å². The number of carbonyl (C=O) groups excluding carboxylic acids is 2. The number of Topliss-reactive ketones (excluding diaryl/α,β-unsaturated/α-hetero) is 1. The molecule has 1 aliphatic heterocycles. The molecule has 2 atom stereocenters. The zero-order valence-electron chi connectivity index (χ0n) is 24.9. The molecule has 2 aliphatic rings. The van der Waals surface area contributed by atoms with Gasteiger partial charge in [-0.15, -0.1) is 0 Å². The predicted molar refractivity (Wildman–Crippen MR) is 158 cm³/mol. The van der Waals surface area contributed by atoms with Gasteiger partial charge in [-0.2, -0.15) is 26.3 Å². The van der Waals surface area contributed by atoms with E-state index in [1.54, 1.807) is 6.20 Å². The number of halogens is 6. The van der Waals surface area contributed by atoms with Gasteiger partial charge in [-0.05, 0) is 55.0 Å². The smallest absolute Gasteiger partial charge is 0.361 e. The molecule has 6 nitrogen and oxygen atoms in total. The van der Waals surface area contributed by atoms with Crippen molar-refractivity contribution in [3.63, 3.8) is 0 Å². The van der Waals surface area contributed by atoms with E-state index in [0.717, 1.165) is 43.4 Å². The van der Waals surface area contributed by atoms with Crippen molar-refractivity contribution in [3.8, 4) is 0 Å². The molecule has 244 valence electrons. The number of hydrogen-bond acceptors (Lipinski definition) is 4. The van der Waals surface area contributed by atoms with Crippen LogP contribution in [0, 0.1) is 5.92 Å². The summed E-state index contributed by atoms with van der Waals surface area (Å²) < 4.78 is 80.0. The normalized spacial score (nSPS) is 19.5. The number of alkyl halides is 6. The average molecular weight is 637 g/mol. The van der Waals surface area contributed by atoms with Crippen LogP contribution in [0.1, 0.15) is 73.2 Å². The number of amides is 1. The number of benzene rings is 2. The molecule has 5 rings (SSSR count). The first kappa shape index (κ1) is 33.0. The molecule has 2 fully saturated rings. The first-order valence-electron chi connectivity index (χ1n) is 15.5. The van der Waals surface area contributed by atoms with Gasteiger partial charge in [0.2, 0.25) is 5.91 Å². The number of H-pyrrole nitrogens is 1. The van der Waals surface area contributed by atoms with Crippen LogP contribution in [0.2, 0.25) is 0 Å². The second-order valence-electron chi connectivity index (χ2n) is 12.2. The molecule has 12 heteroatoms. The summed E-state index contributed by atoms with van der Waals surface area (Å²) in [7, 11) is 0. The Kier molecular flexibility index (Phi) is 10.2. The van der Waals surface area contributed by atoms with E-state index in [1.807, 2.05) is 24.3 Å². The summed E-state index contributed by atoms with van der Waals surface area (Å²) in [5, 5.41) is 7.29. The third kappa shape index (κ3) is 8.46. The number of para-hydroxylation sites is 1. The zero-order chi connectivity index (χ0) is 32.2. The largest absolute Gasteiger partial charge is 0.416 e. The molecule has 1 aliphatic carbocycles. The Labute approximate surface area is 257 Å². The molecule has 3 aromatic rings. The Morgan fingerprint density at radius 1 is 0.956 bits per heavy atom. The highest BCUT2D eigenvalue weighted by Gasteiger charge is 2.37. The van der Waals surface area contributed by atoms with Gasteiger partial charge in [0.05, 0.1) is 23.7 Å². The molecule has 3 N–H and O–H groups in total. The molecule has 0 spiro atoms. The van der Waals surface area contributed by atoms with E-state index in [-0.39, 0.29) is 55.2 Å². The molecule has 45 heavy (non-hydrogen) atoms. The summed E-state index contributed by atoms with van der Waals surface area (Å²) in [6, 6.07) is 8.29. The van der Waals surface area contributed by atoms with Crippen LogP contribution in [0.4, 0.5) is 26.3 Å². The molecule has 2 heterocycles. The Morgan fingerprint density at radius 3 is 2.33 bits per heavy atom. The summed E-state index contributed by atoms with van der Waals surface area (Å²) >= 11 is 0. The topological polar surface area (TPSA) is 77.2 Å². The predicted octanol–water partition coefficient (Wildman–Crippen LogP) is 6.81. The zero-order valence-corrected chi connectivity index (χ0v) is 24.9. The maximum Gasteiger partial charge on any atom is 0.416 e. The fourth-order valence-electron chi connectivity index (χ4n) is 6.77. The number of aromatic nitrogens is 1. The molecular weight excluding hydrogens is 598 g/mol. The minimum Gasteiger partial charge on any atom is -0.361 e. The highest BCUT2D eigenvalue weighted by atomic mass is 19.4. The van der Waals surface area contributed by atoms with E-state index in [4.69, 9.17) is 0 Å². The quantitative estimate of drug-likeness (QED) is 0.214. The minimum absolute atomic E-state index is 0.0745. The number of hydrogen-bond donors (Lipinski definition) is 3. The number of fused-ring (bicyclic) bond motifs is 1. The molecule has 1 saturated carbocycles. The van der Waals surface area contributed by atoms with Crippen LogP contribution in [-0.2, 0) is 28.4 Å². The van der Waals surface area contributed by atoms with E-state index >= 15 is 0 Å². The molecule has 0 bridgehead atoms. The number of rotatable bonds is 10. The minimum atomic E-state index is -4.97. The van der Waals surface area contributed by atoms with Crippen molar-refractivity contribution in [2.45, 2.75) is 75.8 Å². The lowest BCUT2D eigenvalue weighted by molar-refractivity contribution is -0.143. The highest BCUT2D eigenvalue weighted by Crippen LogP contribution is 2.37. The lowest BCUT2D eigenvalue weighted by atomic mass is 9.82. The standard InChI is InChI=1S/C33H38F6N4O2/c34-32(35,36)23-14-21(15-24(16-23)33(37,38)39)10-11-25(44)17-29(27-18-41-28-9-5-4-8-26(27)28)42-31(45)20-43-13-12-40-19-30(43)22-6-2-1-3-7-22/h4-5,8-9,14-16,18,22,29-30,40-41H,1-3,6-7,10-13,17,19-20H2,(H,42,45). The fourth-order valence-corrected chi connectivity index (χ4v) is 6.77. The first-order valence-corrected chi connectivity index (χ1v) is 15.5. The van der Waals surface area contributed by atoms with Gasteiger partial charge in [-0.25, -0.2) is 0 Å². The van der Waals surface area contributed by atoms with Gasteiger partial charge in [0.25, 0.3) is 0 Å². The second-order valence-corrected chi connectivity index (χ2v) is 12.2. The summed E-state index contributed by atoms with van der Waals surface area (Å²) in [4.78, 5) is 32.1. The number of nitrogens with one attached hydrogen (secondary N) is 3. The summed E-state index contributed by atoms with van der Waals surface area (Å²) in [6.07, 6.45) is -3.09. The van der Waals surface area contributed by atoms with E-state index in [9.17, 15) is 35.9 Å². The monoisotopic (exact) mass is 636 g/mol. The number of carbonyl (C=O) groups is 2. The van der Waals surface area contributed by atoms with Crippen molar-refractivity contribution in [2.75, 3.05) is 26.2 Å². The molecule has 1 saturated heterocycles. The van der Waals surface area contributed by atoms with Crippen molar-refractivity contribution in [1.82, 2.24) is 20.5 Å². The lowest BCUT2D eigenvalue weighted by Gasteiger charge is -2.42. The number of aryl methyl sites for hydroxylation is 1. The van der Waals surface area contributed by atoms with E-state index < -0.39 is 29.5 Å². The van der Waals surface area contributed by atoms with Gasteiger partial charge < -0.3 is 15.6 Å². The molecule has 2 unspecified atom stereocenters. The molecule has 0 radical (unpaired) electrons. The SMILES string of the molecule is O=C(CCc1cc(C(F)(F)F)cc(C(F)(F)F)c1)CC(NC(=O)CN1CCNCC1C1CCCCC1)c1c[nH]c2ccccc12. The molecule has 1 aromatic heterocycles. The van der Waals surface area contributed by atoms with Crippen LogP contribution in [-0.4, -0.2) is 53.8 Å². The summed E-state index contributed by atoms with van der Waals surface area (Å²) in [5.74, 6) is -0.119. The Bertz CT molecular complexity index is 1450. The third-order valence-electron chi connectivity index (χ3n) is 9.04. The molecule has 1 amide bonds. The van der Waals surface area contributed by atoms with Gasteiger partial charge in [0, 0.05) is 61.2 Å². The Balaban J connectivity index is 1.31. The molecule has 2 aromatic carbocycles. The van der Waals surface area contributed by atoms with Crippen molar-refractivity contribution in [2.24, 2.45) is 5.92 Å². The third-order valence-corrected chi connectivity index (χ3v) is 9.04. The molecular formula is C33H38F6N4O2. The van der Waals surface area contributed by atoms with Crippen molar-refractivity contribution >= 4 is 22.6 Å². The van der Waals surface area contributed by atoms with Gasteiger partial charge in [0.15, 0.2) is 0 Å². The maximum absolute atomic E-state index is 13.5. The van der Waals surface area contributed by atoms with Gasteiger partial charge in [0.1, 0.15) is 5.78 Å². The Hall–Kier alpha value is -3.38. The van der Waals surface area contributed by atoms with Gasteiger partial charge in [-0.1, -0.05) is 37.5 Å². The first-order chi connectivity index (χ1) is 21.4. The van der Waals surface area contributed by atoms with Crippen LogP contribution in [0.3, 0.4) is 0 Å². The lowest BCUT2D eigenvalue weighted by Crippen LogP contribution is -2.57. The number of aromatic amines is 1. The summed E-state index contributed by atoms with van der Waals surface area (Å²) in [5.41, 5.74) is -1.56. The number of nitrogens with zero attached hydrogens (tertiary/aromatic N) is 1. The highest BCUT2D eigenvalue weighted by molar-refractivity contribution is 5.87. The average Bonchev–Trinajstić information content (AvgIpc) is 3.44. The maximum atomic E-state index is 13.5. The van der Waals surface area contributed by atoms with Crippen LogP contribution in [0.15, 0.2) is 48.7 Å². The van der Waals surface area contributed by atoms with Crippen molar-refractivity contribution in [1.29, 1.82) is 0 Å². The van der Waals surface area contributed by atoms with Crippen LogP contribution in [0.25, 0.3) is 10.9 Å². The van der Waals surface area contributed by atoms with Crippen LogP contribution >= 0.6 is 0 Å². The fraction of sp³-hybridized carbons (Fsp3) is 0.515. The number of ketones is 1. The van der Waals surface area contributed by atoms with Crippen molar-refractivity contribution < 1.29 is 35.9 Å². The van der Waals surface area contributed by atoms with Crippen LogP contribution < -0.4 is 10.6 Å².